The highest BCUT2D eigenvalue weighted by atomic mass is 16.7. The summed E-state index contributed by atoms with van der Waals surface area (Å²) in [7, 11) is 0. The van der Waals surface area contributed by atoms with Gasteiger partial charge in [-0.2, -0.15) is 0 Å². The molecule has 2 N–H and O–H groups in total. The maximum atomic E-state index is 12.2. The molecule has 0 aliphatic carbocycles. The highest BCUT2D eigenvalue weighted by Crippen LogP contribution is 2.34. The number of rotatable bonds is 3. The van der Waals surface area contributed by atoms with Gasteiger partial charge < -0.3 is 19.9 Å². The van der Waals surface area contributed by atoms with E-state index in [2.05, 4.69) is 5.32 Å². The molecule has 1 atom stereocenters. The Balaban J connectivity index is 1.76. The Morgan fingerprint density at radius 2 is 1.95 bits per heavy atom. The average molecular weight is 285 g/mol. The van der Waals surface area contributed by atoms with Crippen LogP contribution in [0.2, 0.25) is 0 Å². The lowest BCUT2D eigenvalue weighted by Crippen LogP contribution is -2.26. The van der Waals surface area contributed by atoms with Crippen molar-refractivity contribution in [1.82, 2.24) is 5.32 Å². The molecule has 1 unspecified atom stereocenters. The third-order valence-electron chi connectivity index (χ3n) is 3.39. The molecule has 108 valence electrons. The fourth-order valence-corrected chi connectivity index (χ4v) is 2.21. The minimum absolute atomic E-state index is 0.0344. The molecule has 0 saturated heterocycles. The van der Waals surface area contributed by atoms with Crippen LogP contribution in [0.5, 0.6) is 17.2 Å². The summed E-state index contributed by atoms with van der Waals surface area (Å²) in [6.45, 7) is 2.09. The van der Waals surface area contributed by atoms with Crippen LogP contribution in [0, 0.1) is 0 Å². The van der Waals surface area contributed by atoms with E-state index in [0.717, 1.165) is 5.56 Å². The van der Waals surface area contributed by atoms with Crippen LogP contribution >= 0.6 is 0 Å². The van der Waals surface area contributed by atoms with Gasteiger partial charge in [0.15, 0.2) is 11.5 Å². The van der Waals surface area contributed by atoms with E-state index in [1.165, 1.54) is 6.07 Å². The molecule has 0 spiro atoms. The van der Waals surface area contributed by atoms with Crippen LogP contribution in [0.1, 0.15) is 28.9 Å². The second kappa shape index (κ2) is 5.36. The normalized spacial score (nSPS) is 13.8. The van der Waals surface area contributed by atoms with E-state index in [1.807, 2.05) is 25.1 Å². The van der Waals surface area contributed by atoms with Crippen molar-refractivity contribution in [3.05, 3.63) is 53.6 Å². The molecule has 5 nitrogen and oxygen atoms in total. The monoisotopic (exact) mass is 285 g/mol. The van der Waals surface area contributed by atoms with Crippen LogP contribution in [0.3, 0.4) is 0 Å². The molecule has 0 saturated carbocycles. The number of benzene rings is 2. The molecule has 0 fully saturated rings. The van der Waals surface area contributed by atoms with Crippen molar-refractivity contribution in [3.8, 4) is 17.2 Å². The second-order valence-corrected chi connectivity index (χ2v) is 4.82. The van der Waals surface area contributed by atoms with Crippen LogP contribution in [0.25, 0.3) is 0 Å². The summed E-state index contributed by atoms with van der Waals surface area (Å²) in [4.78, 5) is 12.2. The number of phenols is 1. The van der Waals surface area contributed by atoms with Gasteiger partial charge in [0.2, 0.25) is 6.79 Å². The highest BCUT2D eigenvalue weighted by molar-refractivity contribution is 5.96. The zero-order valence-electron chi connectivity index (χ0n) is 11.5. The predicted octanol–water partition coefficient (Wildman–Crippen LogP) is 2.61. The van der Waals surface area contributed by atoms with E-state index in [9.17, 15) is 9.90 Å². The zero-order chi connectivity index (χ0) is 14.8. The highest BCUT2D eigenvalue weighted by Gasteiger charge is 2.18. The van der Waals surface area contributed by atoms with Crippen molar-refractivity contribution in [3.63, 3.8) is 0 Å². The number of nitrogens with one attached hydrogen (secondary N) is 1. The van der Waals surface area contributed by atoms with Gasteiger partial charge in [0, 0.05) is 0 Å². The number of phenolic OH excluding ortho intramolecular Hbond substituents is 1. The van der Waals surface area contributed by atoms with Gasteiger partial charge in [-0.05, 0) is 36.8 Å². The molecule has 21 heavy (non-hydrogen) atoms. The Morgan fingerprint density at radius 3 is 2.76 bits per heavy atom. The average Bonchev–Trinajstić information content (AvgIpc) is 2.94. The van der Waals surface area contributed by atoms with E-state index in [1.54, 1.807) is 18.2 Å². The van der Waals surface area contributed by atoms with Gasteiger partial charge >= 0.3 is 0 Å². The fourth-order valence-electron chi connectivity index (χ4n) is 2.21. The first-order valence-corrected chi connectivity index (χ1v) is 6.63. The van der Waals surface area contributed by atoms with Gasteiger partial charge in [0.25, 0.3) is 5.91 Å². The standard InChI is InChI=1S/C16H15NO4/c1-10(11-6-7-14-15(8-11)21-9-20-14)17-16(19)12-4-2-3-5-13(12)18/h2-8,10,18H,9H2,1H3,(H,17,19). The summed E-state index contributed by atoms with van der Waals surface area (Å²) in [5.74, 6) is 1.03. The minimum Gasteiger partial charge on any atom is -0.507 e. The van der Waals surface area contributed by atoms with Crippen molar-refractivity contribution in [1.29, 1.82) is 0 Å². The Morgan fingerprint density at radius 1 is 1.19 bits per heavy atom. The Labute approximate surface area is 122 Å². The largest absolute Gasteiger partial charge is 0.507 e. The van der Waals surface area contributed by atoms with Crippen LogP contribution < -0.4 is 14.8 Å². The fraction of sp³-hybridized carbons (Fsp3) is 0.188. The first kappa shape index (κ1) is 13.3. The SMILES string of the molecule is CC(NC(=O)c1ccccc1O)c1ccc2c(c1)OCO2. The number of fused-ring (bicyclic) bond motifs is 1. The molecule has 1 aliphatic heterocycles. The molecule has 2 aromatic rings. The molecule has 1 amide bonds. The van der Waals surface area contributed by atoms with E-state index >= 15 is 0 Å². The van der Waals surface area contributed by atoms with Crippen molar-refractivity contribution in [2.75, 3.05) is 6.79 Å². The zero-order valence-corrected chi connectivity index (χ0v) is 11.5. The quantitative estimate of drug-likeness (QED) is 0.909. The summed E-state index contributed by atoms with van der Waals surface area (Å²) in [5, 5.41) is 12.5. The summed E-state index contributed by atoms with van der Waals surface area (Å²) in [5.41, 5.74) is 1.16. The predicted molar refractivity (Wildman–Crippen MR) is 76.6 cm³/mol. The van der Waals surface area contributed by atoms with E-state index in [0.29, 0.717) is 11.5 Å². The van der Waals surface area contributed by atoms with Crippen LogP contribution in [0.15, 0.2) is 42.5 Å². The van der Waals surface area contributed by atoms with Crippen LogP contribution in [-0.2, 0) is 0 Å². The van der Waals surface area contributed by atoms with E-state index in [-0.39, 0.29) is 30.1 Å². The maximum absolute atomic E-state index is 12.2. The number of para-hydroxylation sites is 1. The smallest absolute Gasteiger partial charge is 0.255 e. The van der Waals surface area contributed by atoms with E-state index < -0.39 is 0 Å². The minimum atomic E-state index is -0.321. The molecule has 3 rings (SSSR count). The number of hydrogen-bond acceptors (Lipinski definition) is 4. The molecule has 0 radical (unpaired) electrons. The Hall–Kier alpha value is -2.69. The molecule has 0 bridgehead atoms. The topological polar surface area (TPSA) is 67.8 Å². The van der Waals surface area contributed by atoms with Crippen molar-refractivity contribution >= 4 is 5.91 Å². The Kier molecular flexibility index (Phi) is 3.39. The first-order valence-electron chi connectivity index (χ1n) is 6.63. The molecule has 2 aromatic carbocycles. The number of hydrogen-bond donors (Lipinski definition) is 2. The van der Waals surface area contributed by atoms with Gasteiger partial charge in [-0.25, -0.2) is 0 Å². The summed E-state index contributed by atoms with van der Waals surface area (Å²) in [6.07, 6.45) is 0. The van der Waals surface area contributed by atoms with Crippen LogP contribution in [0.4, 0.5) is 0 Å². The lowest BCUT2D eigenvalue weighted by molar-refractivity contribution is 0.0937. The molecular formula is C16H15NO4. The Bertz CT molecular complexity index is 684. The third-order valence-corrected chi connectivity index (χ3v) is 3.39. The van der Waals surface area contributed by atoms with Crippen LogP contribution in [-0.4, -0.2) is 17.8 Å². The molecule has 5 heteroatoms. The van der Waals surface area contributed by atoms with Gasteiger partial charge in [0.05, 0.1) is 11.6 Å². The number of ether oxygens (including phenoxy) is 2. The van der Waals surface area contributed by atoms with Gasteiger partial charge in [-0.3, -0.25) is 4.79 Å². The van der Waals surface area contributed by atoms with Crippen molar-refractivity contribution in [2.45, 2.75) is 13.0 Å². The second-order valence-electron chi connectivity index (χ2n) is 4.82. The van der Waals surface area contributed by atoms with Crippen molar-refractivity contribution < 1.29 is 19.4 Å². The summed E-state index contributed by atoms with van der Waals surface area (Å²) < 4.78 is 10.6. The lowest BCUT2D eigenvalue weighted by atomic mass is 10.1. The molecule has 1 aliphatic rings. The lowest BCUT2D eigenvalue weighted by Gasteiger charge is -2.15. The third kappa shape index (κ3) is 2.63. The maximum Gasteiger partial charge on any atom is 0.255 e. The van der Waals surface area contributed by atoms with Gasteiger partial charge in [-0.1, -0.05) is 18.2 Å². The van der Waals surface area contributed by atoms with Gasteiger partial charge in [-0.15, -0.1) is 0 Å². The number of amides is 1. The molecular weight excluding hydrogens is 270 g/mol. The van der Waals surface area contributed by atoms with E-state index in [4.69, 9.17) is 9.47 Å². The summed E-state index contributed by atoms with van der Waals surface area (Å²) >= 11 is 0. The first-order chi connectivity index (χ1) is 10.1. The molecule has 0 aromatic heterocycles. The molecule has 1 heterocycles. The van der Waals surface area contributed by atoms with Crippen molar-refractivity contribution in [2.24, 2.45) is 0 Å². The number of carbonyl (C=O) groups excluding carboxylic acids is 1. The number of carbonyl (C=O) groups is 1. The number of aromatic hydroxyl groups is 1. The summed E-state index contributed by atoms with van der Waals surface area (Å²) in [6, 6.07) is 11.8. The van der Waals surface area contributed by atoms with Gasteiger partial charge in [0.1, 0.15) is 5.75 Å².